The van der Waals surface area contributed by atoms with Crippen LogP contribution in [-0.2, 0) is 19.4 Å². The van der Waals surface area contributed by atoms with Crippen LogP contribution in [0, 0.1) is 30.4 Å². The molecule has 0 unspecified atom stereocenters. The van der Waals surface area contributed by atoms with E-state index < -0.39 is 57.1 Å². The van der Waals surface area contributed by atoms with Gasteiger partial charge in [0.25, 0.3) is 5.91 Å². The third-order valence-electron chi connectivity index (χ3n) is 7.40. The number of hydrogen-bond acceptors (Lipinski definition) is 5. The van der Waals surface area contributed by atoms with Gasteiger partial charge < -0.3 is 15.3 Å². The zero-order chi connectivity index (χ0) is 26.6. The largest absolute Gasteiger partial charge is 0.480 e. The predicted molar refractivity (Wildman–Crippen MR) is 127 cm³/mol. The fraction of sp³-hybridized carbons (Fsp3) is 0.423. The Bertz CT molecular complexity index is 1410. The van der Waals surface area contributed by atoms with E-state index in [1.165, 1.54) is 30.0 Å². The number of carboxylic acid groups (broad SMARTS) is 1. The molecular weight excluding hydrogens is 506 g/mol. The minimum Gasteiger partial charge on any atom is -0.480 e. The Balaban J connectivity index is 1.38. The van der Waals surface area contributed by atoms with Crippen molar-refractivity contribution in [3.63, 3.8) is 0 Å². The van der Waals surface area contributed by atoms with Crippen molar-refractivity contribution in [2.75, 3.05) is 5.75 Å². The number of benzene rings is 2. The Hall–Kier alpha value is -3.34. The zero-order valence-corrected chi connectivity index (χ0v) is 20.8. The minimum absolute atomic E-state index is 0.0298. The number of sulfone groups is 1. The molecule has 2 aromatic carbocycles. The average Bonchev–Trinajstić information content (AvgIpc) is 3.77. The van der Waals surface area contributed by atoms with Crippen molar-refractivity contribution in [3.8, 4) is 0 Å². The lowest BCUT2D eigenvalue weighted by molar-refractivity contribution is -0.134. The van der Waals surface area contributed by atoms with Crippen LogP contribution in [0.1, 0.15) is 53.2 Å². The van der Waals surface area contributed by atoms with Gasteiger partial charge in [0.1, 0.15) is 17.7 Å². The number of carboxylic acids is 1. The monoisotopic (exact) mass is 532 g/mol. The first-order chi connectivity index (χ1) is 17.5. The number of hydrogen-bond donors (Lipinski definition) is 2. The van der Waals surface area contributed by atoms with E-state index >= 15 is 0 Å². The fourth-order valence-electron chi connectivity index (χ4n) is 5.23. The van der Waals surface area contributed by atoms with Gasteiger partial charge in [0, 0.05) is 17.2 Å². The van der Waals surface area contributed by atoms with E-state index in [-0.39, 0.29) is 39.5 Å². The summed E-state index contributed by atoms with van der Waals surface area (Å²) >= 11 is 0. The van der Waals surface area contributed by atoms with E-state index in [1.54, 1.807) is 0 Å². The second kappa shape index (κ2) is 9.20. The number of likely N-dealkylation sites (tertiary alicyclic amines) is 1. The molecule has 3 fully saturated rings. The summed E-state index contributed by atoms with van der Waals surface area (Å²) in [5, 5.41) is 11.8. The number of aliphatic carboxylic acids is 1. The smallest absolute Gasteiger partial charge is 0.319 e. The van der Waals surface area contributed by atoms with Crippen molar-refractivity contribution in [2.24, 2.45) is 11.8 Å². The SMILES string of the molecule is Cc1cc(F)c([C@H](NC(=O)[C@H]2C[C@H]3C[C@H]3N2C(=O)c2cccc(S(=O)(=O)CC(=O)O)c2)C2CC2)cc1F. The highest BCUT2D eigenvalue weighted by Gasteiger charge is 2.56. The Morgan fingerprint density at radius 1 is 1.11 bits per heavy atom. The average molecular weight is 533 g/mol. The van der Waals surface area contributed by atoms with Crippen LogP contribution >= 0.6 is 0 Å². The Kier molecular flexibility index (Phi) is 6.29. The van der Waals surface area contributed by atoms with Crippen LogP contribution in [-0.4, -0.2) is 54.0 Å². The summed E-state index contributed by atoms with van der Waals surface area (Å²) in [5.74, 6) is -4.68. The second-order valence-corrected chi connectivity index (χ2v) is 12.1. The van der Waals surface area contributed by atoms with E-state index in [0.29, 0.717) is 6.42 Å². The summed E-state index contributed by atoms with van der Waals surface area (Å²) in [6.45, 7) is 1.46. The maximum Gasteiger partial charge on any atom is 0.319 e. The lowest BCUT2D eigenvalue weighted by Crippen LogP contribution is -2.49. The summed E-state index contributed by atoms with van der Waals surface area (Å²) in [5.41, 5.74) is 0.279. The van der Waals surface area contributed by atoms with Crippen molar-refractivity contribution in [1.82, 2.24) is 10.2 Å². The number of fused-ring (bicyclic) bond motifs is 1. The lowest BCUT2D eigenvalue weighted by atomic mass is 9.99. The predicted octanol–water partition coefficient (Wildman–Crippen LogP) is 3.00. The molecule has 2 amide bonds. The van der Waals surface area contributed by atoms with Gasteiger partial charge in [-0.05, 0) is 80.3 Å². The van der Waals surface area contributed by atoms with Gasteiger partial charge in [-0.25, -0.2) is 17.2 Å². The summed E-state index contributed by atoms with van der Waals surface area (Å²) in [6, 6.07) is 5.62. The van der Waals surface area contributed by atoms with Crippen molar-refractivity contribution < 1.29 is 36.7 Å². The normalized spacial score (nSPS) is 23.3. The first-order valence-corrected chi connectivity index (χ1v) is 13.7. The fourth-order valence-corrected chi connectivity index (χ4v) is 6.31. The molecule has 0 aromatic heterocycles. The van der Waals surface area contributed by atoms with Crippen molar-refractivity contribution >= 4 is 27.6 Å². The molecule has 4 atom stereocenters. The molecule has 37 heavy (non-hydrogen) atoms. The van der Waals surface area contributed by atoms with Crippen LogP contribution in [0.25, 0.3) is 0 Å². The molecule has 11 heteroatoms. The quantitative estimate of drug-likeness (QED) is 0.539. The molecule has 0 spiro atoms. The molecule has 2 aliphatic carbocycles. The van der Waals surface area contributed by atoms with Crippen LogP contribution in [0.4, 0.5) is 8.78 Å². The Morgan fingerprint density at radius 2 is 1.84 bits per heavy atom. The summed E-state index contributed by atoms with van der Waals surface area (Å²) in [4.78, 5) is 39.0. The number of rotatable bonds is 8. The number of amides is 2. The van der Waals surface area contributed by atoms with Crippen molar-refractivity contribution in [3.05, 3.63) is 64.7 Å². The van der Waals surface area contributed by atoms with E-state index in [1.807, 2.05) is 0 Å². The third kappa shape index (κ3) is 4.96. The van der Waals surface area contributed by atoms with E-state index in [2.05, 4.69) is 5.32 Å². The molecule has 1 heterocycles. The van der Waals surface area contributed by atoms with Gasteiger partial charge in [0.2, 0.25) is 5.91 Å². The minimum atomic E-state index is -4.15. The second-order valence-electron chi connectivity index (χ2n) is 10.2. The molecule has 0 bridgehead atoms. The highest BCUT2D eigenvalue weighted by Crippen LogP contribution is 2.49. The van der Waals surface area contributed by atoms with Gasteiger partial charge in [-0.15, -0.1) is 0 Å². The lowest BCUT2D eigenvalue weighted by Gasteiger charge is -2.29. The number of carbonyl (C=O) groups is 3. The summed E-state index contributed by atoms with van der Waals surface area (Å²) in [7, 11) is -4.15. The number of nitrogens with zero attached hydrogens (tertiary/aromatic N) is 1. The molecule has 2 N–H and O–H groups in total. The number of nitrogens with one attached hydrogen (secondary N) is 1. The van der Waals surface area contributed by atoms with E-state index in [0.717, 1.165) is 37.5 Å². The standard InChI is InChI=1S/C26H26F2N2O6S/c1-13-7-20(28)18(11-19(13)27)24(14-5-6-14)29-25(33)22-10-16-9-21(16)30(22)26(34)15-3-2-4-17(8-15)37(35,36)12-23(31)32/h2-4,7-8,11,14,16,21-22,24H,5-6,9-10,12H2,1H3,(H,29,33)(H,31,32)/t16-,21-,22-,24-/m1/s1. The highest BCUT2D eigenvalue weighted by molar-refractivity contribution is 7.92. The van der Waals surface area contributed by atoms with Gasteiger partial charge in [-0.1, -0.05) is 6.07 Å². The first-order valence-electron chi connectivity index (χ1n) is 12.1. The van der Waals surface area contributed by atoms with Crippen LogP contribution in [0.5, 0.6) is 0 Å². The zero-order valence-electron chi connectivity index (χ0n) is 20.0. The van der Waals surface area contributed by atoms with Gasteiger partial charge >= 0.3 is 5.97 Å². The van der Waals surface area contributed by atoms with Crippen LogP contribution in [0.15, 0.2) is 41.3 Å². The molecule has 1 saturated heterocycles. The molecule has 2 saturated carbocycles. The van der Waals surface area contributed by atoms with Crippen LogP contribution < -0.4 is 5.32 Å². The van der Waals surface area contributed by atoms with E-state index in [4.69, 9.17) is 5.11 Å². The molecule has 2 aromatic rings. The highest BCUT2D eigenvalue weighted by atomic mass is 32.2. The Morgan fingerprint density at radius 3 is 2.51 bits per heavy atom. The van der Waals surface area contributed by atoms with Gasteiger partial charge in [0.15, 0.2) is 15.6 Å². The number of halogens is 2. The maximum atomic E-state index is 14.7. The van der Waals surface area contributed by atoms with Crippen molar-refractivity contribution in [1.29, 1.82) is 0 Å². The molecule has 0 radical (unpaired) electrons. The van der Waals surface area contributed by atoms with Gasteiger partial charge in [-0.2, -0.15) is 0 Å². The molecular formula is C26H26F2N2O6S. The van der Waals surface area contributed by atoms with Gasteiger partial charge in [-0.3, -0.25) is 14.4 Å². The third-order valence-corrected chi connectivity index (χ3v) is 9.00. The van der Waals surface area contributed by atoms with E-state index in [9.17, 15) is 31.6 Å². The number of carbonyl (C=O) groups excluding carboxylic acids is 2. The van der Waals surface area contributed by atoms with Crippen LogP contribution in [0.2, 0.25) is 0 Å². The number of piperidine rings is 1. The Labute approximate surface area is 212 Å². The number of aryl methyl sites for hydroxylation is 1. The maximum absolute atomic E-state index is 14.7. The molecule has 196 valence electrons. The summed E-state index contributed by atoms with van der Waals surface area (Å²) < 4.78 is 53.7. The van der Waals surface area contributed by atoms with Crippen molar-refractivity contribution in [2.45, 2.75) is 55.6 Å². The summed E-state index contributed by atoms with van der Waals surface area (Å²) in [6.07, 6.45) is 2.66. The molecule has 8 nitrogen and oxygen atoms in total. The topological polar surface area (TPSA) is 121 Å². The van der Waals surface area contributed by atoms with Crippen LogP contribution in [0.3, 0.4) is 0 Å². The van der Waals surface area contributed by atoms with Gasteiger partial charge in [0.05, 0.1) is 10.9 Å². The first kappa shape index (κ1) is 25.3. The molecule has 3 aliphatic rings. The molecule has 5 rings (SSSR count). The molecule has 1 aliphatic heterocycles.